The number of primary amides is 1. The van der Waals surface area contributed by atoms with Crippen molar-refractivity contribution in [2.75, 3.05) is 39.3 Å². The van der Waals surface area contributed by atoms with Crippen LogP contribution in [0, 0.1) is 0 Å². The van der Waals surface area contributed by atoms with Crippen molar-refractivity contribution in [3.63, 3.8) is 0 Å². The highest BCUT2D eigenvalue weighted by Gasteiger charge is 2.38. The van der Waals surface area contributed by atoms with Gasteiger partial charge in [0.2, 0.25) is 100 Å². The van der Waals surface area contributed by atoms with Crippen LogP contribution in [0.4, 0.5) is 0 Å². The molecule has 0 saturated heterocycles. The fourth-order valence-corrected chi connectivity index (χ4v) is 13.7. The van der Waals surface area contributed by atoms with Gasteiger partial charge in [-0.1, -0.05) is 85.3 Å². The van der Waals surface area contributed by atoms with Gasteiger partial charge in [0.15, 0.2) is 0 Å². The largest absolute Gasteiger partial charge is 0.368 e. The number of para-hydroxylation sites is 1. The molecular formula is C89H143N25O17. The molecule has 0 fully saturated rings. The first-order valence-corrected chi connectivity index (χ1v) is 45.1. The fourth-order valence-electron chi connectivity index (χ4n) is 13.7. The normalized spacial score (nSPS) is 15.1. The second-order valence-corrected chi connectivity index (χ2v) is 33.0. The Morgan fingerprint density at radius 3 is 0.763 bits per heavy atom. The van der Waals surface area contributed by atoms with E-state index in [9.17, 15) is 81.5 Å². The van der Waals surface area contributed by atoms with Gasteiger partial charge >= 0.3 is 0 Å². The minimum atomic E-state index is -1.42. The lowest BCUT2D eigenvalue weighted by Gasteiger charge is -2.28. The molecule has 4 aromatic rings. The number of nitrogens with one attached hydrogen (secondary N) is 17. The van der Waals surface area contributed by atoms with E-state index in [-0.39, 0.29) is 77.5 Å². The molecule has 17 amide bonds. The summed E-state index contributed by atoms with van der Waals surface area (Å²) in [5, 5.41) is 42.7. The van der Waals surface area contributed by atoms with Gasteiger partial charge in [-0.25, -0.2) is 0 Å². The van der Waals surface area contributed by atoms with Crippen molar-refractivity contribution in [3.05, 3.63) is 108 Å². The minimum absolute atomic E-state index is 0.00655. The highest BCUT2D eigenvalue weighted by molar-refractivity contribution is 6.01. The third-order valence-corrected chi connectivity index (χ3v) is 21.8. The molecule has 726 valence electrons. The summed E-state index contributed by atoms with van der Waals surface area (Å²) in [5.74, 6) is -13.6. The second-order valence-electron chi connectivity index (χ2n) is 33.0. The smallest absolute Gasteiger partial charge is 0.243 e. The molecule has 42 heteroatoms. The maximum absolute atomic E-state index is 14.6. The molecule has 3 aromatic carbocycles. The van der Waals surface area contributed by atoms with Crippen molar-refractivity contribution in [2.24, 2.45) is 45.9 Å². The lowest BCUT2D eigenvalue weighted by atomic mass is 10.0. The van der Waals surface area contributed by atoms with Crippen molar-refractivity contribution in [1.82, 2.24) is 90.1 Å². The van der Waals surface area contributed by atoms with E-state index in [4.69, 9.17) is 45.9 Å². The Morgan fingerprint density at radius 2 is 0.473 bits per heavy atom. The summed E-state index contributed by atoms with van der Waals surface area (Å²) in [6.45, 7) is 12.4. The van der Waals surface area contributed by atoms with Gasteiger partial charge in [-0.2, -0.15) is 0 Å². The van der Waals surface area contributed by atoms with Crippen LogP contribution in [0.2, 0.25) is 0 Å². The number of amides is 17. The zero-order chi connectivity index (χ0) is 97.2. The Hall–Kier alpha value is -12.1. The molecule has 33 N–H and O–H groups in total. The number of hydrogen-bond donors (Lipinski definition) is 25. The molecule has 0 radical (unpaired) electrons. The molecule has 0 aliphatic heterocycles. The first-order chi connectivity index (χ1) is 62.4. The van der Waals surface area contributed by atoms with Gasteiger partial charge in [0.1, 0.15) is 96.7 Å². The number of H-pyrrole nitrogens is 1. The minimum Gasteiger partial charge on any atom is -0.368 e. The van der Waals surface area contributed by atoms with Crippen LogP contribution in [-0.4, -0.2) is 247 Å². The van der Waals surface area contributed by atoms with Crippen molar-refractivity contribution in [2.45, 2.75) is 293 Å². The number of rotatable bonds is 63. The van der Waals surface area contributed by atoms with Gasteiger partial charge in [0.05, 0.1) is 6.04 Å². The monoisotopic (exact) mass is 1830 g/mol. The van der Waals surface area contributed by atoms with E-state index in [1.54, 1.807) is 91.1 Å². The summed E-state index contributed by atoms with van der Waals surface area (Å²) in [6.07, 6.45) is 7.35. The molecule has 0 saturated carbocycles. The average molecular weight is 1840 g/mol. The standard InChI is InChI=1S/C89H143N25O17/c1-51(73(97)115)99-74(116)52(2)104-87(129)70(47-59-29-11-9-12-30-59)112-79(121)57(7)101-77(119)55(5)106-89(131)72(49-61-50-98-64-35-16-15-33-62(61)64)114-80(122)58(8)102-76(118)54(4)105-88(130)71(48-60-31-13-10-14-32-60)113-78(120)56(6)100-75(117)53(3)103-82(124)65(36-18-24-42-91)108-84(126)67(38-20-26-44-93)110-86(128)69(40-22-28-46-95)111-85(127)68(39-21-27-45-94)109-83(125)66(37-19-25-43-92)107-81(123)63(96)34-17-23-41-90/h9-16,29-33,35,50-58,63,65-72,98H,17-28,34,36-49,90-96H2,1-8H3,(H2,97,115)(H,99,116)(H,100,117)(H,101,119)(H,102,118)(H,103,124)(H,104,129)(H,105,130)(H,106,131)(H,107,123)(H,108,126)(H,109,125)(H,110,128)(H,111,127)(H,112,121)(H,113,120)(H,114,122)/t51-,52-,53-,54-,55-,56-,57-,58-,63-,65-,66-,67-,68-,69-,70-,71-,72-/m0/s1. The van der Waals surface area contributed by atoms with Crippen LogP contribution in [0.15, 0.2) is 91.1 Å². The van der Waals surface area contributed by atoms with Crippen LogP contribution >= 0.6 is 0 Å². The van der Waals surface area contributed by atoms with Crippen LogP contribution in [-0.2, 0) is 101 Å². The van der Waals surface area contributed by atoms with Gasteiger partial charge < -0.3 is 136 Å². The Bertz CT molecular complexity index is 4360. The van der Waals surface area contributed by atoms with Gasteiger partial charge in [0, 0.05) is 36.4 Å². The molecule has 0 unspecified atom stereocenters. The Labute approximate surface area is 765 Å². The van der Waals surface area contributed by atoms with E-state index in [2.05, 4.69) is 90.1 Å². The van der Waals surface area contributed by atoms with E-state index < -0.39 is 203 Å². The first kappa shape index (κ1) is 111. The van der Waals surface area contributed by atoms with Gasteiger partial charge in [-0.15, -0.1) is 0 Å². The van der Waals surface area contributed by atoms with E-state index >= 15 is 0 Å². The lowest BCUT2D eigenvalue weighted by molar-refractivity contribution is -0.136. The molecule has 1 aromatic heterocycles. The molecule has 0 spiro atoms. The zero-order valence-electron chi connectivity index (χ0n) is 76.6. The molecule has 17 atom stereocenters. The van der Waals surface area contributed by atoms with Crippen LogP contribution in [0.25, 0.3) is 10.9 Å². The Balaban J connectivity index is 1.47. The molecule has 42 nitrogen and oxygen atoms in total. The van der Waals surface area contributed by atoms with Crippen molar-refractivity contribution in [3.8, 4) is 0 Å². The summed E-state index contributed by atoms with van der Waals surface area (Å²) < 4.78 is 0. The van der Waals surface area contributed by atoms with E-state index in [1.165, 1.54) is 55.4 Å². The van der Waals surface area contributed by atoms with Crippen molar-refractivity contribution < 1.29 is 81.5 Å². The number of aromatic amines is 1. The summed E-state index contributed by atoms with van der Waals surface area (Å²) in [5.41, 5.74) is 48.8. The topological polar surface area (TPSA) is 707 Å². The molecule has 131 heavy (non-hydrogen) atoms. The highest BCUT2D eigenvalue weighted by atomic mass is 16.2. The van der Waals surface area contributed by atoms with E-state index in [1.807, 2.05) is 0 Å². The third-order valence-electron chi connectivity index (χ3n) is 21.8. The predicted molar refractivity (Wildman–Crippen MR) is 493 cm³/mol. The number of carbonyl (C=O) groups excluding carboxylic acids is 17. The predicted octanol–water partition coefficient (Wildman–Crippen LogP) is -4.30. The Kier molecular flexibility index (Phi) is 50.9. The first-order valence-electron chi connectivity index (χ1n) is 45.1. The molecule has 0 bridgehead atoms. The number of hydrogen-bond acceptors (Lipinski definition) is 24. The Morgan fingerprint density at radius 1 is 0.252 bits per heavy atom. The van der Waals surface area contributed by atoms with Crippen LogP contribution < -0.4 is 131 Å². The molecule has 1 heterocycles. The lowest BCUT2D eigenvalue weighted by Crippen LogP contribution is -2.60. The van der Waals surface area contributed by atoms with Gasteiger partial charge in [-0.3, -0.25) is 81.5 Å². The summed E-state index contributed by atoms with van der Waals surface area (Å²) in [7, 11) is 0. The van der Waals surface area contributed by atoms with Crippen LogP contribution in [0.5, 0.6) is 0 Å². The number of nitrogens with two attached hydrogens (primary N) is 8. The summed E-state index contributed by atoms with van der Waals surface area (Å²) in [4.78, 5) is 239. The highest BCUT2D eigenvalue weighted by Crippen LogP contribution is 2.21. The van der Waals surface area contributed by atoms with Crippen molar-refractivity contribution >= 4 is 111 Å². The second kappa shape index (κ2) is 60.0. The molecule has 0 aliphatic carbocycles. The quantitative estimate of drug-likeness (QED) is 0.0186. The number of unbranched alkanes of at least 4 members (excludes halogenated alkanes) is 6. The van der Waals surface area contributed by atoms with E-state index in [0.717, 1.165) is 0 Å². The van der Waals surface area contributed by atoms with Crippen LogP contribution in [0.3, 0.4) is 0 Å². The fraction of sp³-hybridized carbons (Fsp3) is 0.584. The third kappa shape index (κ3) is 40.4. The van der Waals surface area contributed by atoms with Gasteiger partial charge in [0.25, 0.3) is 0 Å². The SMILES string of the molecule is C[C@H](NC(=O)[C@H](C)NC(=O)[C@H](Cc1ccccc1)NC(=O)[C@H](C)NC(=O)[C@H](C)NC(=O)[C@H](Cc1c[nH]c2ccccc12)NC(=O)[C@H](C)NC(=O)[C@H](C)NC(=O)[C@H](Cc1ccccc1)NC(=O)[C@H](C)NC(=O)[C@H](C)NC(=O)[C@H](CCCCN)NC(=O)[C@H](CCCCN)NC(=O)[C@H](CCCCN)NC(=O)[C@H](CCCCN)NC(=O)[C@H](CCCCN)NC(=O)[C@@H](N)CCCCN)C(N)=O. The number of carbonyl (C=O) groups is 17. The number of benzene rings is 3. The molecule has 4 rings (SSSR count). The maximum atomic E-state index is 14.6. The zero-order valence-corrected chi connectivity index (χ0v) is 76.6. The van der Waals surface area contributed by atoms with Gasteiger partial charge in [-0.05, 0) is 227 Å². The number of aromatic nitrogens is 1. The number of fused-ring (bicyclic) bond motifs is 1. The van der Waals surface area contributed by atoms with Crippen LogP contribution in [0.1, 0.15) is 188 Å². The van der Waals surface area contributed by atoms with E-state index in [0.29, 0.717) is 124 Å². The maximum Gasteiger partial charge on any atom is 0.243 e. The molecular weight excluding hydrogens is 1690 g/mol. The average Bonchev–Trinajstić information content (AvgIpc) is 1.68. The van der Waals surface area contributed by atoms with Crippen molar-refractivity contribution in [1.29, 1.82) is 0 Å². The summed E-state index contributed by atoms with van der Waals surface area (Å²) in [6, 6.07) is 2.47. The summed E-state index contributed by atoms with van der Waals surface area (Å²) >= 11 is 0. The molecule has 0 aliphatic rings.